The van der Waals surface area contributed by atoms with E-state index in [1.165, 1.54) is 30.5 Å². The van der Waals surface area contributed by atoms with Crippen molar-refractivity contribution in [1.29, 1.82) is 0 Å². The molecule has 3 rings (SSSR count). The Bertz CT molecular complexity index is 675. The minimum Gasteiger partial charge on any atom is -0.356 e. The van der Waals surface area contributed by atoms with Crippen LogP contribution in [0.2, 0.25) is 0 Å². The number of likely N-dealkylation sites (tertiary alicyclic amines) is 1. The molecular formula is C22H35N5O. The van der Waals surface area contributed by atoms with E-state index in [1.807, 2.05) is 4.90 Å². The summed E-state index contributed by atoms with van der Waals surface area (Å²) in [6.45, 7) is 7.82. The van der Waals surface area contributed by atoms with Crippen LogP contribution in [0.3, 0.4) is 0 Å². The summed E-state index contributed by atoms with van der Waals surface area (Å²) in [4.78, 5) is 21.4. The van der Waals surface area contributed by atoms with Gasteiger partial charge in [0.25, 0.3) is 0 Å². The average molecular weight is 386 g/mol. The van der Waals surface area contributed by atoms with Crippen molar-refractivity contribution in [2.24, 2.45) is 4.99 Å². The normalized spacial score (nSPS) is 20.1. The zero-order valence-electron chi connectivity index (χ0n) is 17.4. The number of carbonyl (C=O) groups is 1. The molecule has 0 aromatic heterocycles. The minimum absolute atomic E-state index is 0.254. The van der Waals surface area contributed by atoms with Crippen molar-refractivity contribution >= 4 is 11.9 Å². The van der Waals surface area contributed by atoms with Crippen LogP contribution in [0, 0.1) is 0 Å². The Labute approximate surface area is 169 Å². The second-order valence-electron chi connectivity index (χ2n) is 7.74. The molecule has 6 heteroatoms. The lowest BCUT2D eigenvalue weighted by atomic mass is 9.99. The van der Waals surface area contributed by atoms with Gasteiger partial charge < -0.3 is 15.5 Å². The van der Waals surface area contributed by atoms with Crippen molar-refractivity contribution in [1.82, 2.24) is 20.4 Å². The van der Waals surface area contributed by atoms with Crippen LogP contribution in [0.1, 0.15) is 43.7 Å². The number of carbonyl (C=O) groups excluding carboxylic acids is 1. The first-order valence-electron chi connectivity index (χ1n) is 10.7. The van der Waals surface area contributed by atoms with Crippen LogP contribution < -0.4 is 10.6 Å². The van der Waals surface area contributed by atoms with Gasteiger partial charge in [-0.3, -0.25) is 14.7 Å². The Balaban J connectivity index is 1.34. The Morgan fingerprint density at radius 3 is 2.82 bits per heavy atom. The standard InChI is InChI=1S/C22H35N5O/c1-3-26-14-7-10-20(26)16-25-22(23-2)24-13-6-11-21(28)27-15-12-18-8-4-5-9-19(18)17-27/h4-5,8-9,20H,3,6-7,10-17H2,1-2H3,(H2,23,24,25). The van der Waals surface area contributed by atoms with E-state index in [2.05, 4.69) is 51.7 Å². The minimum atomic E-state index is 0.254. The van der Waals surface area contributed by atoms with Gasteiger partial charge in [-0.1, -0.05) is 31.2 Å². The highest BCUT2D eigenvalue weighted by atomic mass is 16.2. The number of aliphatic imine (C=N–C) groups is 1. The lowest BCUT2D eigenvalue weighted by molar-refractivity contribution is -0.132. The van der Waals surface area contributed by atoms with Crippen LogP contribution in [-0.4, -0.2) is 67.5 Å². The SMILES string of the molecule is CCN1CCCC1CNC(=NC)NCCCC(=O)N1CCc2ccccc2C1. The van der Waals surface area contributed by atoms with Crippen LogP contribution in [0.5, 0.6) is 0 Å². The van der Waals surface area contributed by atoms with Gasteiger partial charge in [0, 0.05) is 45.7 Å². The Morgan fingerprint density at radius 1 is 1.21 bits per heavy atom. The fourth-order valence-corrected chi connectivity index (χ4v) is 4.29. The van der Waals surface area contributed by atoms with E-state index in [0.717, 1.165) is 51.5 Å². The molecule has 1 unspecified atom stereocenters. The predicted molar refractivity (Wildman–Crippen MR) is 114 cm³/mol. The Hall–Kier alpha value is -2.08. The molecule has 1 aromatic carbocycles. The lowest BCUT2D eigenvalue weighted by Crippen LogP contribution is -2.45. The molecule has 0 radical (unpaired) electrons. The lowest BCUT2D eigenvalue weighted by Gasteiger charge is -2.29. The van der Waals surface area contributed by atoms with Gasteiger partial charge in [-0.05, 0) is 49.9 Å². The van der Waals surface area contributed by atoms with E-state index in [-0.39, 0.29) is 5.91 Å². The number of amides is 1. The molecule has 1 atom stereocenters. The second-order valence-corrected chi connectivity index (χ2v) is 7.74. The van der Waals surface area contributed by atoms with Crippen LogP contribution in [-0.2, 0) is 17.8 Å². The number of hydrogen-bond acceptors (Lipinski definition) is 3. The maximum Gasteiger partial charge on any atom is 0.222 e. The number of guanidine groups is 1. The van der Waals surface area contributed by atoms with E-state index >= 15 is 0 Å². The van der Waals surface area contributed by atoms with Crippen molar-refractivity contribution in [3.05, 3.63) is 35.4 Å². The first kappa shape index (κ1) is 20.6. The third-order valence-corrected chi connectivity index (χ3v) is 5.98. The van der Waals surface area contributed by atoms with Gasteiger partial charge in [-0.25, -0.2) is 0 Å². The first-order valence-corrected chi connectivity index (χ1v) is 10.7. The summed E-state index contributed by atoms with van der Waals surface area (Å²) in [6, 6.07) is 9.05. The molecule has 6 nitrogen and oxygen atoms in total. The largest absolute Gasteiger partial charge is 0.356 e. The van der Waals surface area contributed by atoms with Gasteiger partial charge in [-0.2, -0.15) is 0 Å². The molecule has 1 amide bonds. The maximum atomic E-state index is 12.5. The summed E-state index contributed by atoms with van der Waals surface area (Å²) in [5.74, 6) is 1.09. The molecule has 2 aliphatic heterocycles. The van der Waals surface area contributed by atoms with Gasteiger partial charge >= 0.3 is 0 Å². The molecule has 28 heavy (non-hydrogen) atoms. The molecule has 2 N–H and O–H groups in total. The van der Waals surface area contributed by atoms with Crippen molar-refractivity contribution in [3.8, 4) is 0 Å². The molecule has 1 aromatic rings. The highest BCUT2D eigenvalue weighted by Crippen LogP contribution is 2.19. The number of nitrogens with one attached hydrogen (secondary N) is 2. The zero-order chi connectivity index (χ0) is 19.8. The number of rotatable bonds is 7. The Morgan fingerprint density at radius 2 is 2.04 bits per heavy atom. The van der Waals surface area contributed by atoms with Gasteiger partial charge in [0.15, 0.2) is 5.96 Å². The summed E-state index contributed by atoms with van der Waals surface area (Å²) in [6.07, 6.45) is 4.91. The van der Waals surface area contributed by atoms with Crippen LogP contribution in [0.4, 0.5) is 0 Å². The summed E-state index contributed by atoms with van der Waals surface area (Å²) in [5.41, 5.74) is 2.67. The molecule has 2 heterocycles. The fourth-order valence-electron chi connectivity index (χ4n) is 4.29. The highest BCUT2D eigenvalue weighted by Gasteiger charge is 2.23. The van der Waals surface area contributed by atoms with Gasteiger partial charge in [0.05, 0.1) is 0 Å². The molecule has 0 bridgehead atoms. The van der Waals surface area contributed by atoms with Crippen molar-refractivity contribution in [2.75, 3.05) is 39.8 Å². The molecule has 2 aliphatic rings. The van der Waals surface area contributed by atoms with Crippen molar-refractivity contribution < 1.29 is 4.79 Å². The average Bonchev–Trinajstić information content (AvgIpc) is 3.20. The Kier molecular flexibility index (Phi) is 7.71. The zero-order valence-corrected chi connectivity index (χ0v) is 17.4. The summed E-state index contributed by atoms with van der Waals surface area (Å²) < 4.78 is 0. The molecule has 0 aliphatic carbocycles. The number of hydrogen-bond donors (Lipinski definition) is 2. The maximum absolute atomic E-state index is 12.5. The fraction of sp³-hybridized carbons (Fsp3) is 0.636. The molecule has 1 saturated heterocycles. The third kappa shape index (κ3) is 5.47. The molecule has 1 fully saturated rings. The third-order valence-electron chi connectivity index (χ3n) is 5.98. The monoisotopic (exact) mass is 385 g/mol. The highest BCUT2D eigenvalue weighted by molar-refractivity contribution is 5.80. The van der Waals surface area contributed by atoms with E-state index in [4.69, 9.17) is 0 Å². The smallest absolute Gasteiger partial charge is 0.222 e. The van der Waals surface area contributed by atoms with Crippen LogP contribution in [0.25, 0.3) is 0 Å². The van der Waals surface area contributed by atoms with E-state index < -0.39 is 0 Å². The first-order chi connectivity index (χ1) is 13.7. The van der Waals surface area contributed by atoms with Crippen molar-refractivity contribution in [2.45, 2.75) is 51.6 Å². The van der Waals surface area contributed by atoms with Gasteiger partial charge in [0.2, 0.25) is 5.91 Å². The molecular weight excluding hydrogens is 350 g/mol. The molecule has 0 spiro atoms. The number of benzene rings is 1. The number of likely N-dealkylation sites (N-methyl/N-ethyl adjacent to an activating group) is 1. The van der Waals surface area contributed by atoms with E-state index in [1.54, 1.807) is 7.05 Å². The van der Waals surface area contributed by atoms with Gasteiger partial charge in [0.1, 0.15) is 0 Å². The summed E-state index contributed by atoms with van der Waals surface area (Å²) in [5, 5.41) is 6.79. The second kappa shape index (κ2) is 10.5. The van der Waals surface area contributed by atoms with E-state index in [9.17, 15) is 4.79 Å². The van der Waals surface area contributed by atoms with Crippen LogP contribution >= 0.6 is 0 Å². The van der Waals surface area contributed by atoms with Crippen molar-refractivity contribution in [3.63, 3.8) is 0 Å². The van der Waals surface area contributed by atoms with E-state index in [0.29, 0.717) is 12.5 Å². The predicted octanol–water partition coefficient (Wildman–Crippen LogP) is 2.00. The number of nitrogens with zero attached hydrogens (tertiary/aromatic N) is 3. The molecule has 154 valence electrons. The number of fused-ring (bicyclic) bond motifs is 1. The van der Waals surface area contributed by atoms with Crippen LogP contribution in [0.15, 0.2) is 29.3 Å². The summed E-state index contributed by atoms with van der Waals surface area (Å²) >= 11 is 0. The quantitative estimate of drug-likeness (QED) is 0.428. The topological polar surface area (TPSA) is 60.0 Å². The summed E-state index contributed by atoms with van der Waals surface area (Å²) in [7, 11) is 1.80. The van der Waals surface area contributed by atoms with Gasteiger partial charge in [-0.15, -0.1) is 0 Å². The molecule has 0 saturated carbocycles.